The van der Waals surface area contributed by atoms with Gasteiger partial charge >= 0.3 is 6.18 Å². The third-order valence-corrected chi connectivity index (χ3v) is 3.77. The third-order valence-electron chi connectivity index (χ3n) is 3.77. The van der Waals surface area contributed by atoms with Crippen LogP contribution in [-0.4, -0.2) is 45.1 Å². The molecule has 0 aliphatic carbocycles. The van der Waals surface area contributed by atoms with Gasteiger partial charge < -0.3 is 10.1 Å². The van der Waals surface area contributed by atoms with Crippen LogP contribution in [0.2, 0.25) is 0 Å². The molecule has 24 heavy (non-hydrogen) atoms. The number of nitrogens with zero attached hydrogens (tertiary/aromatic N) is 4. The summed E-state index contributed by atoms with van der Waals surface area (Å²) in [6, 6.07) is 1.34. The Balaban J connectivity index is 1.75. The Labute approximate surface area is 134 Å². The van der Waals surface area contributed by atoms with Gasteiger partial charge in [-0.1, -0.05) is 5.21 Å². The van der Waals surface area contributed by atoms with Crippen LogP contribution in [0.1, 0.15) is 27.8 Å². The van der Waals surface area contributed by atoms with Gasteiger partial charge in [0.05, 0.1) is 42.8 Å². The Morgan fingerprint density at radius 2 is 2.17 bits per heavy atom. The Morgan fingerprint density at radius 1 is 1.38 bits per heavy atom. The van der Waals surface area contributed by atoms with E-state index in [0.29, 0.717) is 6.61 Å². The van der Waals surface area contributed by atoms with Gasteiger partial charge in [-0.15, -0.1) is 5.10 Å². The second kappa shape index (κ2) is 6.19. The summed E-state index contributed by atoms with van der Waals surface area (Å²) in [4.78, 5) is 15.8. The summed E-state index contributed by atoms with van der Waals surface area (Å²) in [5.41, 5.74) is -0.924. The number of carbonyl (C=O) groups is 1. The van der Waals surface area contributed by atoms with Crippen LogP contribution in [0.3, 0.4) is 0 Å². The summed E-state index contributed by atoms with van der Waals surface area (Å²) in [6.07, 6.45) is -1.37. The van der Waals surface area contributed by atoms with Gasteiger partial charge in [0.1, 0.15) is 5.69 Å². The first-order chi connectivity index (χ1) is 11.4. The van der Waals surface area contributed by atoms with E-state index in [-0.39, 0.29) is 29.9 Å². The normalized spacial score (nSPS) is 21.0. The average Bonchev–Trinajstić information content (AvgIpc) is 3.16. The van der Waals surface area contributed by atoms with E-state index in [1.54, 1.807) is 10.9 Å². The number of halogens is 3. The average molecular weight is 341 g/mol. The first-order valence-electron chi connectivity index (χ1n) is 7.15. The summed E-state index contributed by atoms with van der Waals surface area (Å²) in [5.74, 6) is -0.505. The highest BCUT2D eigenvalue weighted by Crippen LogP contribution is 2.28. The van der Waals surface area contributed by atoms with Crippen LogP contribution < -0.4 is 5.32 Å². The summed E-state index contributed by atoms with van der Waals surface area (Å²) in [7, 11) is 0. The fourth-order valence-corrected chi connectivity index (χ4v) is 2.54. The first-order valence-corrected chi connectivity index (χ1v) is 7.15. The molecule has 0 spiro atoms. The van der Waals surface area contributed by atoms with E-state index in [0.717, 1.165) is 12.1 Å². The quantitative estimate of drug-likeness (QED) is 0.912. The van der Waals surface area contributed by atoms with Crippen LogP contribution in [0, 0.1) is 6.92 Å². The number of nitrogens with one attached hydrogen (secondary N) is 1. The molecular formula is C14H14F3N5O2. The maximum absolute atomic E-state index is 12.6. The molecule has 0 radical (unpaired) electrons. The number of ether oxygens (including phenoxy) is 1. The second-order valence-corrected chi connectivity index (χ2v) is 5.40. The molecule has 1 aliphatic rings. The van der Waals surface area contributed by atoms with Crippen molar-refractivity contribution < 1.29 is 22.7 Å². The summed E-state index contributed by atoms with van der Waals surface area (Å²) in [6.45, 7) is 2.01. The van der Waals surface area contributed by atoms with Crippen molar-refractivity contribution in [1.82, 2.24) is 25.3 Å². The van der Waals surface area contributed by atoms with Gasteiger partial charge in [0.25, 0.3) is 5.91 Å². The summed E-state index contributed by atoms with van der Waals surface area (Å²) < 4.78 is 44.9. The molecule has 1 saturated heterocycles. The minimum atomic E-state index is -4.54. The SMILES string of the molecule is Cc1nc(C(F)(F)F)ccc1C(=O)N[C@H]1COC[C@H]1n1ccnn1. The number of hydrogen-bond donors (Lipinski definition) is 1. The van der Waals surface area contributed by atoms with Crippen molar-refractivity contribution in [2.24, 2.45) is 0 Å². The minimum Gasteiger partial charge on any atom is -0.377 e. The lowest BCUT2D eigenvalue weighted by Gasteiger charge is -2.19. The molecule has 3 heterocycles. The number of pyridine rings is 1. The van der Waals surface area contributed by atoms with Crippen LogP contribution in [0.15, 0.2) is 24.5 Å². The Bertz CT molecular complexity index is 733. The van der Waals surface area contributed by atoms with E-state index in [9.17, 15) is 18.0 Å². The van der Waals surface area contributed by atoms with Crippen LogP contribution in [-0.2, 0) is 10.9 Å². The number of aromatic nitrogens is 4. The van der Waals surface area contributed by atoms with Crippen molar-refractivity contribution in [3.8, 4) is 0 Å². The van der Waals surface area contributed by atoms with Gasteiger partial charge in [0.2, 0.25) is 0 Å². The monoisotopic (exact) mass is 341 g/mol. The molecule has 1 N–H and O–H groups in total. The van der Waals surface area contributed by atoms with Crippen LogP contribution in [0.25, 0.3) is 0 Å². The van der Waals surface area contributed by atoms with Crippen molar-refractivity contribution >= 4 is 5.91 Å². The first kappa shape index (κ1) is 16.4. The fraction of sp³-hybridized carbons (Fsp3) is 0.429. The molecule has 0 bridgehead atoms. The van der Waals surface area contributed by atoms with E-state index < -0.39 is 17.8 Å². The molecule has 3 rings (SSSR count). The van der Waals surface area contributed by atoms with Crippen molar-refractivity contribution in [2.75, 3.05) is 13.2 Å². The van der Waals surface area contributed by atoms with Gasteiger partial charge in [-0.3, -0.25) is 4.79 Å². The highest BCUT2D eigenvalue weighted by atomic mass is 19.4. The van der Waals surface area contributed by atoms with Gasteiger partial charge in [0, 0.05) is 6.20 Å². The fourth-order valence-electron chi connectivity index (χ4n) is 2.54. The highest BCUT2D eigenvalue weighted by molar-refractivity contribution is 5.95. The Morgan fingerprint density at radius 3 is 2.79 bits per heavy atom. The molecule has 2 atom stereocenters. The number of aryl methyl sites for hydroxylation is 1. The van der Waals surface area contributed by atoms with Crippen LogP contribution in [0.5, 0.6) is 0 Å². The predicted octanol–water partition coefficient (Wildman–Crippen LogP) is 1.37. The van der Waals surface area contributed by atoms with Gasteiger partial charge in [-0.05, 0) is 19.1 Å². The van der Waals surface area contributed by atoms with E-state index in [1.807, 2.05) is 0 Å². The van der Waals surface area contributed by atoms with Crippen LogP contribution >= 0.6 is 0 Å². The minimum absolute atomic E-state index is 0.0125. The topological polar surface area (TPSA) is 81.9 Å². The molecule has 0 unspecified atom stereocenters. The molecule has 10 heteroatoms. The molecule has 1 aliphatic heterocycles. The Kier molecular flexibility index (Phi) is 4.22. The molecule has 1 fully saturated rings. The van der Waals surface area contributed by atoms with Crippen molar-refractivity contribution in [2.45, 2.75) is 25.2 Å². The number of hydrogen-bond acceptors (Lipinski definition) is 5. The zero-order valence-electron chi connectivity index (χ0n) is 12.6. The smallest absolute Gasteiger partial charge is 0.377 e. The lowest BCUT2D eigenvalue weighted by atomic mass is 10.1. The number of carbonyl (C=O) groups excluding carboxylic acids is 1. The number of alkyl halides is 3. The molecule has 2 aromatic rings. The van der Waals surface area contributed by atoms with Gasteiger partial charge in [0.15, 0.2) is 0 Å². The highest BCUT2D eigenvalue weighted by Gasteiger charge is 2.34. The molecular weight excluding hydrogens is 327 g/mol. The molecule has 128 valence electrons. The third kappa shape index (κ3) is 3.23. The zero-order valence-corrected chi connectivity index (χ0v) is 12.6. The largest absolute Gasteiger partial charge is 0.433 e. The van der Waals surface area contributed by atoms with Crippen molar-refractivity contribution in [1.29, 1.82) is 0 Å². The van der Waals surface area contributed by atoms with Crippen LogP contribution in [0.4, 0.5) is 13.2 Å². The van der Waals surface area contributed by atoms with Gasteiger partial charge in [-0.25, -0.2) is 9.67 Å². The molecule has 0 saturated carbocycles. The Hall–Kier alpha value is -2.49. The standard InChI is InChI=1S/C14H14F3N5O2/c1-8-9(2-3-12(19-8)14(15,16)17)13(23)20-10-6-24-7-11(10)22-5-4-18-21-22/h2-5,10-11H,6-7H2,1H3,(H,20,23)/t10-,11+/m0/s1. The maximum Gasteiger partial charge on any atom is 0.433 e. The molecule has 0 aromatic carbocycles. The summed E-state index contributed by atoms with van der Waals surface area (Å²) in [5, 5.41) is 10.4. The number of amides is 1. The van der Waals surface area contributed by atoms with Crippen molar-refractivity contribution in [3.63, 3.8) is 0 Å². The number of rotatable bonds is 3. The summed E-state index contributed by atoms with van der Waals surface area (Å²) >= 11 is 0. The van der Waals surface area contributed by atoms with Gasteiger partial charge in [-0.2, -0.15) is 13.2 Å². The van der Waals surface area contributed by atoms with E-state index >= 15 is 0 Å². The molecule has 2 aromatic heterocycles. The van der Waals surface area contributed by atoms with E-state index in [2.05, 4.69) is 20.6 Å². The lowest BCUT2D eigenvalue weighted by molar-refractivity contribution is -0.141. The maximum atomic E-state index is 12.6. The van der Waals surface area contributed by atoms with E-state index in [1.165, 1.54) is 13.1 Å². The van der Waals surface area contributed by atoms with Crippen molar-refractivity contribution in [3.05, 3.63) is 41.5 Å². The van der Waals surface area contributed by atoms with E-state index in [4.69, 9.17) is 4.74 Å². The lowest BCUT2D eigenvalue weighted by Crippen LogP contribution is -2.41. The predicted molar refractivity (Wildman–Crippen MR) is 75.1 cm³/mol. The second-order valence-electron chi connectivity index (χ2n) is 5.40. The molecule has 7 nitrogen and oxygen atoms in total. The zero-order chi connectivity index (χ0) is 17.3. The molecule has 1 amide bonds.